The zero-order chi connectivity index (χ0) is 12.1. The van der Waals surface area contributed by atoms with Crippen LogP contribution in [0.15, 0.2) is 18.2 Å². The first-order chi connectivity index (χ1) is 7.50. The Bertz CT molecular complexity index is 382. The van der Waals surface area contributed by atoms with E-state index in [4.69, 9.17) is 0 Å². The molecule has 0 bridgehead atoms. The molecule has 0 aromatic heterocycles. The maximum Gasteiger partial charge on any atom is 0.159 e. The Labute approximate surface area is 91.9 Å². The molecule has 0 fully saturated rings. The van der Waals surface area contributed by atoms with Crippen molar-refractivity contribution in [2.24, 2.45) is 0 Å². The lowest BCUT2D eigenvalue weighted by Gasteiger charge is -2.09. The molecule has 3 nitrogen and oxygen atoms in total. The normalized spacial score (nSPS) is 12.4. The quantitative estimate of drug-likeness (QED) is 0.781. The van der Waals surface area contributed by atoms with E-state index in [-0.39, 0.29) is 12.5 Å². The number of hydrogen-bond acceptors (Lipinski definition) is 2. The molecule has 88 valence electrons. The van der Waals surface area contributed by atoms with Crippen LogP contribution in [-0.4, -0.2) is 5.97 Å². The molecule has 0 aliphatic heterocycles. The highest BCUT2D eigenvalue weighted by molar-refractivity contribution is 5.64. The van der Waals surface area contributed by atoms with Crippen molar-refractivity contribution in [3.8, 4) is 0 Å². The summed E-state index contributed by atoms with van der Waals surface area (Å²) >= 11 is 0. The van der Waals surface area contributed by atoms with Crippen molar-refractivity contribution in [1.29, 1.82) is 0 Å². The Morgan fingerprint density at radius 3 is 2.62 bits per heavy atom. The Morgan fingerprint density at radius 1 is 1.38 bits per heavy atom. The standard InChI is InChI=1S/C11H13F2NO2/c12-8-5-4-7(6-9(8)13)10(14)2-1-3-11(15)16/h4-6,10H,1-3,14H2,(H,15,16)/t10-/m0/s1. The molecule has 3 N–H and O–H groups in total. The van der Waals surface area contributed by atoms with Gasteiger partial charge in [0.15, 0.2) is 11.6 Å². The predicted octanol–water partition coefficient (Wildman–Crippen LogP) is 0.168. The minimum absolute atomic E-state index is 0.0459. The number of hydrogen-bond donors (Lipinski definition) is 1. The predicted molar refractivity (Wildman–Crippen MR) is 50.8 cm³/mol. The van der Waals surface area contributed by atoms with E-state index in [9.17, 15) is 18.7 Å². The van der Waals surface area contributed by atoms with Crippen molar-refractivity contribution in [2.75, 3.05) is 0 Å². The van der Waals surface area contributed by atoms with Crippen molar-refractivity contribution in [3.63, 3.8) is 0 Å². The van der Waals surface area contributed by atoms with E-state index in [0.717, 1.165) is 12.1 Å². The second-order valence-corrected chi connectivity index (χ2v) is 3.63. The first-order valence-electron chi connectivity index (χ1n) is 4.98. The number of quaternary nitrogens is 1. The van der Waals surface area contributed by atoms with Gasteiger partial charge >= 0.3 is 0 Å². The summed E-state index contributed by atoms with van der Waals surface area (Å²) in [5.41, 5.74) is 4.34. The van der Waals surface area contributed by atoms with Crippen LogP contribution < -0.4 is 10.8 Å². The highest BCUT2D eigenvalue weighted by atomic mass is 19.2. The van der Waals surface area contributed by atoms with Gasteiger partial charge in [-0.2, -0.15) is 0 Å². The van der Waals surface area contributed by atoms with E-state index in [1.807, 2.05) is 0 Å². The molecule has 16 heavy (non-hydrogen) atoms. The van der Waals surface area contributed by atoms with Crippen molar-refractivity contribution >= 4 is 5.97 Å². The third kappa shape index (κ3) is 3.58. The summed E-state index contributed by atoms with van der Waals surface area (Å²) < 4.78 is 25.5. The van der Waals surface area contributed by atoms with Gasteiger partial charge in [0.2, 0.25) is 0 Å². The Hall–Kier alpha value is -1.49. The third-order valence-electron chi connectivity index (χ3n) is 2.35. The minimum Gasteiger partial charge on any atom is -0.550 e. The first kappa shape index (κ1) is 12.6. The van der Waals surface area contributed by atoms with Crippen LogP contribution >= 0.6 is 0 Å². The summed E-state index contributed by atoms with van der Waals surface area (Å²) in [5, 5.41) is 10.2. The van der Waals surface area contributed by atoms with Gasteiger partial charge in [-0.15, -0.1) is 0 Å². The number of halogens is 2. The van der Waals surface area contributed by atoms with Crippen molar-refractivity contribution in [3.05, 3.63) is 35.4 Å². The van der Waals surface area contributed by atoms with Crippen LogP contribution in [0, 0.1) is 11.6 Å². The number of carbonyl (C=O) groups excluding carboxylic acids is 1. The zero-order valence-corrected chi connectivity index (χ0v) is 8.71. The number of benzene rings is 1. The van der Waals surface area contributed by atoms with Gasteiger partial charge in [-0.25, -0.2) is 8.78 Å². The first-order valence-corrected chi connectivity index (χ1v) is 4.98. The number of carboxylic acids is 1. The van der Waals surface area contributed by atoms with Gasteiger partial charge in [0, 0.05) is 18.0 Å². The van der Waals surface area contributed by atoms with Gasteiger partial charge in [-0.05, 0) is 31.0 Å². The fourth-order valence-corrected chi connectivity index (χ4v) is 1.43. The van der Waals surface area contributed by atoms with Gasteiger partial charge in [0.05, 0.1) is 0 Å². The van der Waals surface area contributed by atoms with E-state index in [1.54, 1.807) is 0 Å². The van der Waals surface area contributed by atoms with Crippen LogP contribution in [0.5, 0.6) is 0 Å². The lowest BCUT2D eigenvalue weighted by Crippen LogP contribution is -2.53. The average Bonchev–Trinajstić information content (AvgIpc) is 2.21. The van der Waals surface area contributed by atoms with Gasteiger partial charge in [-0.3, -0.25) is 0 Å². The molecule has 0 unspecified atom stereocenters. The van der Waals surface area contributed by atoms with Crippen LogP contribution in [0.3, 0.4) is 0 Å². The molecule has 0 aliphatic carbocycles. The molecule has 1 rings (SSSR count). The highest BCUT2D eigenvalue weighted by Crippen LogP contribution is 2.17. The molecular formula is C11H13F2NO2. The Morgan fingerprint density at radius 2 is 2.06 bits per heavy atom. The maximum absolute atomic E-state index is 12.9. The lowest BCUT2D eigenvalue weighted by molar-refractivity contribution is -0.428. The highest BCUT2D eigenvalue weighted by Gasteiger charge is 2.12. The van der Waals surface area contributed by atoms with E-state index >= 15 is 0 Å². The molecule has 1 aromatic carbocycles. The number of carbonyl (C=O) groups is 1. The second-order valence-electron chi connectivity index (χ2n) is 3.63. The average molecular weight is 229 g/mol. The van der Waals surface area contributed by atoms with Crippen LogP contribution in [0.2, 0.25) is 0 Å². The summed E-state index contributed by atoms with van der Waals surface area (Å²) in [6.45, 7) is 0. The fourth-order valence-electron chi connectivity index (χ4n) is 1.43. The summed E-state index contributed by atoms with van der Waals surface area (Å²) in [6.07, 6.45) is 0.865. The van der Waals surface area contributed by atoms with E-state index in [2.05, 4.69) is 5.73 Å². The van der Waals surface area contributed by atoms with Gasteiger partial charge < -0.3 is 15.6 Å². The smallest absolute Gasteiger partial charge is 0.159 e. The molecule has 0 saturated carbocycles. The molecule has 0 spiro atoms. The van der Waals surface area contributed by atoms with E-state index in [0.29, 0.717) is 18.4 Å². The molecule has 1 aromatic rings. The number of carboxylic acid groups (broad SMARTS) is 1. The molecule has 1 atom stereocenters. The molecule has 0 aliphatic rings. The molecule has 0 heterocycles. The summed E-state index contributed by atoms with van der Waals surface area (Å²) in [4.78, 5) is 10.2. The van der Waals surface area contributed by atoms with Gasteiger partial charge in [0.1, 0.15) is 6.04 Å². The summed E-state index contributed by atoms with van der Waals surface area (Å²) in [5.74, 6) is -2.92. The van der Waals surface area contributed by atoms with Crippen LogP contribution in [0.25, 0.3) is 0 Å². The maximum atomic E-state index is 12.9. The zero-order valence-electron chi connectivity index (χ0n) is 8.71. The number of rotatable bonds is 5. The Balaban J connectivity index is 2.55. The molecule has 0 radical (unpaired) electrons. The second kappa shape index (κ2) is 5.55. The fraction of sp³-hybridized carbons (Fsp3) is 0.364. The topological polar surface area (TPSA) is 67.8 Å². The third-order valence-corrected chi connectivity index (χ3v) is 2.35. The van der Waals surface area contributed by atoms with E-state index in [1.165, 1.54) is 6.07 Å². The van der Waals surface area contributed by atoms with Crippen molar-refractivity contribution < 1.29 is 24.4 Å². The van der Waals surface area contributed by atoms with Crippen LogP contribution in [0.1, 0.15) is 30.9 Å². The minimum atomic E-state index is -1.11. The van der Waals surface area contributed by atoms with Crippen molar-refractivity contribution in [1.82, 2.24) is 0 Å². The summed E-state index contributed by atoms with van der Waals surface area (Å²) in [7, 11) is 0. The van der Waals surface area contributed by atoms with Crippen LogP contribution in [0.4, 0.5) is 8.78 Å². The van der Waals surface area contributed by atoms with Crippen LogP contribution in [-0.2, 0) is 4.79 Å². The molecule has 0 amide bonds. The van der Waals surface area contributed by atoms with Crippen molar-refractivity contribution in [2.45, 2.75) is 25.3 Å². The Kier molecular flexibility index (Phi) is 4.37. The largest absolute Gasteiger partial charge is 0.550 e. The monoisotopic (exact) mass is 229 g/mol. The molecule has 5 heteroatoms. The van der Waals surface area contributed by atoms with Gasteiger partial charge in [0.25, 0.3) is 0 Å². The van der Waals surface area contributed by atoms with E-state index < -0.39 is 17.6 Å². The molecular weight excluding hydrogens is 216 g/mol. The molecule has 0 saturated heterocycles. The lowest BCUT2D eigenvalue weighted by atomic mass is 10.0. The summed E-state index contributed by atoms with van der Waals surface area (Å²) in [6, 6.07) is 3.34. The van der Waals surface area contributed by atoms with Gasteiger partial charge in [-0.1, -0.05) is 0 Å². The SMILES string of the molecule is [NH3+][C@@H](CCCC(=O)[O-])c1ccc(F)c(F)c1. The number of aliphatic carboxylic acids is 1.